The zero-order valence-electron chi connectivity index (χ0n) is 16.0. The van der Waals surface area contributed by atoms with Crippen molar-refractivity contribution in [2.75, 3.05) is 18.5 Å². The second-order valence-corrected chi connectivity index (χ2v) is 8.32. The molecule has 5 heteroatoms. The third kappa shape index (κ3) is 4.18. The highest BCUT2D eigenvalue weighted by atomic mass is 35.5. The zero-order chi connectivity index (χ0) is 19.4. The molecule has 1 atom stereocenters. The average molecular weight is 399 g/mol. The molecule has 0 radical (unpaired) electrons. The topological polar surface area (TPSA) is 50.4 Å². The first kappa shape index (κ1) is 19.3. The Morgan fingerprint density at radius 2 is 1.96 bits per heavy atom. The normalized spacial score (nSPS) is 20.8. The summed E-state index contributed by atoms with van der Waals surface area (Å²) in [5.41, 5.74) is 2.92. The fraction of sp³-hybridized carbons (Fsp3) is 0.435. The van der Waals surface area contributed by atoms with Gasteiger partial charge in [-0.1, -0.05) is 42.3 Å². The van der Waals surface area contributed by atoms with Gasteiger partial charge in [-0.15, -0.1) is 0 Å². The predicted molar refractivity (Wildman–Crippen MR) is 113 cm³/mol. The molecular weight excluding hydrogens is 372 g/mol. The molecule has 4 nitrogen and oxygen atoms in total. The number of carbonyl (C=O) groups is 1. The fourth-order valence-electron chi connectivity index (χ4n) is 4.11. The molecule has 2 fully saturated rings. The number of ether oxygens (including phenoxy) is 1. The molecule has 4 rings (SSSR count). The monoisotopic (exact) mass is 398 g/mol. The van der Waals surface area contributed by atoms with Crippen LogP contribution in [0.5, 0.6) is 0 Å². The van der Waals surface area contributed by atoms with Crippen molar-refractivity contribution >= 4 is 23.2 Å². The van der Waals surface area contributed by atoms with Crippen LogP contribution in [-0.4, -0.2) is 25.2 Å². The summed E-state index contributed by atoms with van der Waals surface area (Å²) in [5.74, 6) is 0.161. The minimum atomic E-state index is -0.372. The van der Waals surface area contributed by atoms with E-state index < -0.39 is 0 Å². The minimum Gasteiger partial charge on any atom is -0.381 e. The van der Waals surface area contributed by atoms with E-state index in [4.69, 9.17) is 16.3 Å². The lowest BCUT2D eigenvalue weighted by atomic mass is 9.63. The molecule has 148 valence electrons. The van der Waals surface area contributed by atoms with Crippen LogP contribution in [0.3, 0.4) is 0 Å². The standard InChI is InChI=1S/C23H27ClN2O2/c24-19-5-1-4-17(14-19)15-25-20-9-7-18(8-10-20)23(11-3-12-23)22(27)26-21-6-2-13-28-16-21/h1,4-5,7-10,14,21,25H,2-3,6,11-13,15-16H2,(H,26,27). The van der Waals surface area contributed by atoms with Gasteiger partial charge in [-0.2, -0.15) is 0 Å². The van der Waals surface area contributed by atoms with Gasteiger partial charge >= 0.3 is 0 Å². The first-order valence-electron chi connectivity index (χ1n) is 10.1. The molecule has 1 aliphatic carbocycles. The van der Waals surface area contributed by atoms with E-state index in [9.17, 15) is 4.79 Å². The van der Waals surface area contributed by atoms with Gasteiger partial charge in [-0.25, -0.2) is 0 Å². The van der Waals surface area contributed by atoms with Crippen molar-refractivity contribution in [3.8, 4) is 0 Å². The molecule has 2 aliphatic rings. The zero-order valence-corrected chi connectivity index (χ0v) is 16.8. The van der Waals surface area contributed by atoms with Gasteiger partial charge in [0.05, 0.1) is 18.1 Å². The Kier molecular flexibility index (Phi) is 5.88. The lowest BCUT2D eigenvalue weighted by molar-refractivity contribution is -0.131. The number of hydrogen-bond acceptors (Lipinski definition) is 3. The van der Waals surface area contributed by atoms with Crippen LogP contribution in [0.25, 0.3) is 0 Å². The van der Waals surface area contributed by atoms with Crippen LogP contribution in [0.2, 0.25) is 5.02 Å². The first-order chi connectivity index (χ1) is 13.7. The van der Waals surface area contributed by atoms with Gasteiger partial charge in [0.25, 0.3) is 0 Å². The Hall–Kier alpha value is -2.04. The highest BCUT2D eigenvalue weighted by molar-refractivity contribution is 6.30. The van der Waals surface area contributed by atoms with Gasteiger partial charge in [0, 0.05) is 23.9 Å². The molecule has 1 amide bonds. The van der Waals surface area contributed by atoms with Gasteiger partial charge in [0.2, 0.25) is 5.91 Å². The number of nitrogens with one attached hydrogen (secondary N) is 2. The molecule has 0 bridgehead atoms. The van der Waals surface area contributed by atoms with Crippen molar-refractivity contribution in [3.05, 3.63) is 64.7 Å². The van der Waals surface area contributed by atoms with Gasteiger partial charge in [0.15, 0.2) is 0 Å². The number of halogens is 1. The fourth-order valence-corrected chi connectivity index (χ4v) is 4.33. The number of benzene rings is 2. The molecule has 2 N–H and O–H groups in total. The molecule has 1 saturated heterocycles. The average Bonchev–Trinajstić information content (AvgIpc) is 2.67. The summed E-state index contributed by atoms with van der Waals surface area (Å²) in [4.78, 5) is 13.0. The third-order valence-electron chi connectivity index (χ3n) is 5.96. The molecule has 28 heavy (non-hydrogen) atoms. The summed E-state index contributed by atoms with van der Waals surface area (Å²) >= 11 is 6.05. The smallest absolute Gasteiger partial charge is 0.230 e. The molecule has 1 heterocycles. The van der Waals surface area contributed by atoms with Crippen molar-refractivity contribution in [2.45, 2.75) is 50.1 Å². The Labute approximate surface area is 171 Å². The third-order valence-corrected chi connectivity index (χ3v) is 6.20. The summed E-state index contributed by atoms with van der Waals surface area (Å²) in [7, 11) is 0. The van der Waals surface area contributed by atoms with Crippen molar-refractivity contribution in [2.24, 2.45) is 0 Å². The lowest BCUT2D eigenvalue weighted by Crippen LogP contribution is -2.53. The number of amides is 1. The lowest BCUT2D eigenvalue weighted by Gasteiger charge is -2.42. The molecule has 2 aromatic rings. The Morgan fingerprint density at radius 3 is 2.61 bits per heavy atom. The maximum Gasteiger partial charge on any atom is 0.230 e. The van der Waals surface area contributed by atoms with Crippen LogP contribution in [0, 0.1) is 0 Å². The van der Waals surface area contributed by atoms with Gasteiger partial charge < -0.3 is 15.4 Å². The van der Waals surface area contributed by atoms with E-state index in [0.717, 1.165) is 60.5 Å². The second-order valence-electron chi connectivity index (χ2n) is 7.88. The van der Waals surface area contributed by atoms with E-state index >= 15 is 0 Å². The Morgan fingerprint density at radius 1 is 1.14 bits per heavy atom. The molecule has 0 spiro atoms. The summed E-state index contributed by atoms with van der Waals surface area (Å²) in [6.07, 6.45) is 4.96. The molecule has 0 aromatic heterocycles. The van der Waals surface area contributed by atoms with E-state index in [-0.39, 0.29) is 17.4 Å². The maximum atomic E-state index is 13.0. The van der Waals surface area contributed by atoms with E-state index in [2.05, 4.69) is 41.0 Å². The highest BCUT2D eigenvalue weighted by Gasteiger charge is 2.46. The van der Waals surface area contributed by atoms with Crippen LogP contribution in [-0.2, 0) is 21.5 Å². The van der Waals surface area contributed by atoms with Crippen molar-refractivity contribution in [1.82, 2.24) is 5.32 Å². The molecule has 2 aromatic carbocycles. The van der Waals surface area contributed by atoms with Crippen LogP contribution < -0.4 is 10.6 Å². The van der Waals surface area contributed by atoms with Gasteiger partial charge in [0.1, 0.15) is 0 Å². The number of rotatable bonds is 6. The van der Waals surface area contributed by atoms with Crippen LogP contribution in [0.1, 0.15) is 43.2 Å². The largest absolute Gasteiger partial charge is 0.381 e. The predicted octanol–water partition coefficient (Wildman–Crippen LogP) is 4.67. The van der Waals surface area contributed by atoms with Crippen LogP contribution in [0.15, 0.2) is 48.5 Å². The van der Waals surface area contributed by atoms with Crippen molar-refractivity contribution in [3.63, 3.8) is 0 Å². The van der Waals surface area contributed by atoms with Crippen LogP contribution in [0.4, 0.5) is 5.69 Å². The quantitative estimate of drug-likeness (QED) is 0.743. The molecule has 1 saturated carbocycles. The van der Waals surface area contributed by atoms with E-state index in [0.29, 0.717) is 13.2 Å². The van der Waals surface area contributed by atoms with Crippen LogP contribution >= 0.6 is 11.6 Å². The van der Waals surface area contributed by atoms with Crippen molar-refractivity contribution < 1.29 is 9.53 Å². The highest BCUT2D eigenvalue weighted by Crippen LogP contribution is 2.44. The molecular formula is C23H27ClN2O2. The van der Waals surface area contributed by atoms with Gasteiger partial charge in [-0.3, -0.25) is 4.79 Å². The number of carbonyl (C=O) groups excluding carboxylic acids is 1. The van der Waals surface area contributed by atoms with E-state index in [1.165, 1.54) is 0 Å². The summed E-state index contributed by atoms with van der Waals surface area (Å²) in [6.45, 7) is 2.16. The first-order valence-corrected chi connectivity index (χ1v) is 10.5. The van der Waals surface area contributed by atoms with E-state index in [1.54, 1.807) is 0 Å². The SMILES string of the molecule is O=C(NC1CCCOC1)C1(c2ccc(NCc3cccc(Cl)c3)cc2)CCC1. The molecule has 1 aliphatic heterocycles. The van der Waals surface area contributed by atoms with Gasteiger partial charge in [-0.05, 0) is 61.1 Å². The summed E-state index contributed by atoms with van der Waals surface area (Å²) in [6, 6.07) is 16.3. The maximum absolute atomic E-state index is 13.0. The summed E-state index contributed by atoms with van der Waals surface area (Å²) in [5, 5.41) is 7.40. The van der Waals surface area contributed by atoms with Crippen molar-refractivity contribution in [1.29, 1.82) is 0 Å². The Bertz CT molecular complexity index is 812. The summed E-state index contributed by atoms with van der Waals surface area (Å²) < 4.78 is 5.51. The second kappa shape index (κ2) is 8.54. The van der Waals surface area contributed by atoms with E-state index in [1.807, 2.05) is 18.2 Å². The number of hydrogen-bond donors (Lipinski definition) is 2. The minimum absolute atomic E-state index is 0.150. The number of anilines is 1. The molecule has 1 unspecified atom stereocenters. The Balaban J connectivity index is 1.40.